The predicted molar refractivity (Wildman–Crippen MR) is 82.0 cm³/mol. The van der Waals surface area contributed by atoms with Crippen LogP contribution in [0.5, 0.6) is 5.75 Å². The molecule has 1 aromatic rings. The van der Waals surface area contributed by atoms with Crippen LogP contribution in [0.4, 0.5) is 0 Å². The second-order valence-corrected chi connectivity index (χ2v) is 5.78. The van der Waals surface area contributed by atoms with Crippen LogP contribution in [-0.4, -0.2) is 31.6 Å². The van der Waals surface area contributed by atoms with Gasteiger partial charge in [-0.15, -0.1) is 12.4 Å². The van der Waals surface area contributed by atoms with Gasteiger partial charge in [0.05, 0.1) is 7.11 Å². The van der Waals surface area contributed by atoms with Crippen LogP contribution in [0.3, 0.4) is 0 Å². The zero-order valence-corrected chi connectivity index (χ0v) is 12.9. The number of hydrogen-bond acceptors (Lipinski definition) is 3. The van der Waals surface area contributed by atoms with Gasteiger partial charge in [-0.1, -0.05) is 19.1 Å². The van der Waals surface area contributed by atoms with Crippen LogP contribution < -0.4 is 10.5 Å². The van der Waals surface area contributed by atoms with Crippen LogP contribution in [0.15, 0.2) is 18.2 Å². The Morgan fingerprint density at radius 2 is 2.16 bits per heavy atom. The Kier molecular flexibility index (Phi) is 5.65. The number of nitrogens with two attached hydrogens (primary N) is 1. The molecule has 4 heteroatoms. The molecule has 2 N–H and O–H groups in total. The summed E-state index contributed by atoms with van der Waals surface area (Å²) in [5, 5.41) is 0. The number of halogens is 1. The van der Waals surface area contributed by atoms with Crippen LogP contribution in [-0.2, 0) is 6.54 Å². The third kappa shape index (κ3) is 3.85. The number of rotatable bonds is 4. The highest BCUT2D eigenvalue weighted by Crippen LogP contribution is 2.30. The molecule has 0 radical (unpaired) electrons. The van der Waals surface area contributed by atoms with Crippen molar-refractivity contribution in [2.24, 2.45) is 11.1 Å². The lowest BCUT2D eigenvalue weighted by Crippen LogP contribution is -2.31. The fourth-order valence-electron chi connectivity index (χ4n) is 2.72. The van der Waals surface area contributed by atoms with E-state index in [4.69, 9.17) is 10.5 Å². The molecule has 1 atom stereocenters. The Morgan fingerprint density at radius 1 is 1.42 bits per heavy atom. The van der Waals surface area contributed by atoms with Gasteiger partial charge in [-0.2, -0.15) is 0 Å². The number of hydrogen-bond donors (Lipinski definition) is 1. The zero-order valence-electron chi connectivity index (χ0n) is 12.1. The highest BCUT2D eigenvalue weighted by Gasteiger charge is 2.32. The second kappa shape index (κ2) is 6.60. The van der Waals surface area contributed by atoms with Crippen molar-refractivity contribution in [3.8, 4) is 5.75 Å². The number of likely N-dealkylation sites (tertiary alicyclic amines) is 1. The van der Waals surface area contributed by atoms with Crippen molar-refractivity contribution >= 4 is 12.4 Å². The maximum atomic E-state index is 5.84. The maximum Gasteiger partial charge on any atom is 0.121 e. The van der Waals surface area contributed by atoms with Gasteiger partial charge in [-0.25, -0.2) is 0 Å². The molecule has 1 fully saturated rings. The van der Waals surface area contributed by atoms with E-state index in [0.29, 0.717) is 5.41 Å². The lowest BCUT2D eigenvalue weighted by molar-refractivity contribution is 0.274. The van der Waals surface area contributed by atoms with E-state index in [-0.39, 0.29) is 12.4 Å². The summed E-state index contributed by atoms with van der Waals surface area (Å²) in [7, 11) is 1.72. The number of ether oxygens (including phenoxy) is 1. The van der Waals surface area contributed by atoms with Gasteiger partial charge in [0.2, 0.25) is 0 Å². The monoisotopic (exact) mass is 284 g/mol. The minimum Gasteiger partial charge on any atom is -0.496 e. The minimum atomic E-state index is 0. The highest BCUT2D eigenvalue weighted by atomic mass is 35.5. The SMILES string of the molecule is COc1ccc(CN2CCC(C)(CN)C2)cc1C.Cl. The number of methoxy groups -OCH3 is 1. The Morgan fingerprint density at radius 3 is 2.68 bits per heavy atom. The van der Waals surface area contributed by atoms with Crippen LogP contribution in [0.25, 0.3) is 0 Å². The Labute approximate surface area is 122 Å². The van der Waals surface area contributed by atoms with E-state index >= 15 is 0 Å². The first-order chi connectivity index (χ1) is 8.56. The molecular weight excluding hydrogens is 260 g/mol. The molecule has 2 rings (SSSR count). The third-order valence-electron chi connectivity index (χ3n) is 4.00. The first-order valence-electron chi connectivity index (χ1n) is 6.62. The quantitative estimate of drug-likeness (QED) is 0.924. The second-order valence-electron chi connectivity index (χ2n) is 5.78. The summed E-state index contributed by atoms with van der Waals surface area (Å²) in [5.41, 5.74) is 8.71. The predicted octanol–water partition coefficient (Wildman–Crippen LogP) is 2.60. The van der Waals surface area contributed by atoms with E-state index in [1.54, 1.807) is 7.11 Å². The highest BCUT2D eigenvalue weighted by molar-refractivity contribution is 5.85. The summed E-state index contributed by atoms with van der Waals surface area (Å²) < 4.78 is 5.29. The van der Waals surface area contributed by atoms with Gasteiger partial charge in [0.1, 0.15) is 5.75 Å². The Hall–Kier alpha value is -0.770. The first kappa shape index (κ1) is 16.3. The van der Waals surface area contributed by atoms with Gasteiger partial charge in [0.15, 0.2) is 0 Å². The largest absolute Gasteiger partial charge is 0.496 e. The summed E-state index contributed by atoms with van der Waals surface area (Å²) in [5.74, 6) is 0.965. The van der Waals surface area contributed by atoms with Gasteiger partial charge >= 0.3 is 0 Å². The maximum absolute atomic E-state index is 5.84. The average molecular weight is 285 g/mol. The number of nitrogens with zero attached hydrogens (tertiary/aromatic N) is 1. The molecule has 1 aliphatic rings. The molecule has 0 saturated carbocycles. The van der Waals surface area contributed by atoms with Crippen LogP contribution in [0, 0.1) is 12.3 Å². The van der Waals surface area contributed by atoms with Gasteiger partial charge in [-0.05, 0) is 49.0 Å². The van der Waals surface area contributed by atoms with Crippen molar-refractivity contribution < 1.29 is 4.74 Å². The summed E-state index contributed by atoms with van der Waals surface area (Å²) in [6, 6.07) is 6.43. The molecule has 1 heterocycles. The molecule has 0 spiro atoms. The van der Waals surface area contributed by atoms with E-state index < -0.39 is 0 Å². The molecule has 1 saturated heterocycles. The van der Waals surface area contributed by atoms with Crippen LogP contribution in [0.2, 0.25) is 0 Å². The fraction of sp³-hybridized carbons (Fsp3) is 0.600. The molecule has 0 aromatic heterocycles. The summed E-state index contributed by atoms with van der Waals surface area (Å²) in [4.78, 5) is 2.49. The summed E-state index contributed by atoms with van der Waals surface area (Å²) >= 11 is 0. The van der Waals surface area contributed by atoms with Gasteiger partial charge in [-0.3, -0.25) is 4.90 Å². The van der Waals surface area contributed by atoms with E-state index in [2.05, 4.69) is 36.9 Å². The Bertz CT molecular complexity index is 425. The molecule has 1 aromatic carbocycles. The minimum absolute atomic E-state index is 0. The summed E-state index contributed by atoms with van der Waals surface area (Å²) in [6.45, 7) is 8.43. The fourth-order valence-corrected chi connectivity index (χ4v) is 2.72. The summed E-state index contributed by atoms with van der Waals surface area (Å²) in [6.07, 6.45) is 1.21. The van der Waals surface area contributed by atoms with E-state index in [1.807, 2.05) is 0 Å². The van der Waals surface area contributed by atoms with Crippen molar-refractivity contribution in [3.05, 3.63) is 29.3 Å². The van der Waals surface area contributed by atoms with Crippen molar-refractivity contribution in [1.29, 1.82) is 0 Å². The topological polar surface area (TPSA) is 38.5 Å². The lowest BCUT2D eigenvalue weighted by Gasteiger charge is -2.22. The molecule has 1 aliphatic heterocycles. The standard InChI is InChI=1S/C15H24N2O.ClH/c1-12-8-13(4-5-14(12)18-3)9-17-7-6-15(2,10-16)11-17;/h4-5,8H,6-7,9-11,16H2,1-3H3;1H. The van der Waals surface area contributed by atoms with E-state index in [9.17, 15) is 0 Å². The average Bonchev–Trinajstić information content (AvgIpc) is 2.72. The van der Waals surface area contributed by atoms with Gasteiger partial charge in [0.25, 0.3) is 0 Å². The molecule has 0 aliphatic carbocycles. The van der Waals surface area contributed by atoms with E-state index in [1.165, 1.54) is 17.5 Å². The van der Waals surface area contributed by atoms with E-state index in [0.717, 1.165) is 31.9 Å². The molecule has 108 valence electrons. The molecule has 3 nitrogen and oxygen atoms in total. The molecular formula is C15H25ClN2O. The van der Waals surface area contributed by atoms with Gasteiger partial charge < -0.3 is 10.5 Å². The normalized spacial score (nSPS) is 23.2. The lowest BCUT2D eigenvalue weighted by atomic mass is 9.90. The molecule has 1 unspecified atom stereocenters. The smallest absolute Gasteiger partial charge is 0.121 e. The van der Waals surface area contributed by atoms with Gasteiger partial charge in [0, 0.05) is 13.1 Å². The van der Waals surface area contributed by atoms with Crippen LogP contribution >= 0.6 is 12.4 Å². The number of benzene rings is 1. The first-order valence-corrected chi connectivity index (χ1v) is 6.62. The zero-order chi connectivity index (χ0) is 13.2. The molecule has 0 amide bonds. The van der Waals surface area contributed by atoms with Crippen molar-refractivity contribution in [2.45, 2.75) is 26.8 Å². The molecule has 19 heavy (non-hydrogen) atoms. The third-order valence-corrected chi connectivity index (χ3v) is 4.00. The van der Waals surface area contributed by atoms with Crippen molar-refractivity contribution in [3.63, 3.8) is 0 Å². The molecule has 0 bridgehead atoms. The number of aryl methyl sites for hydroxylation is 1. The Balaban J connectivity index is 0.00000180. The van der Waals surface area contributed by atoms with Crippen LogP contribution in [0.1, 0.15) is 24.5 Å². The van der Waals surface area contributed by atoms with Crippen molar-refractivity contribution in [2.75, 3.05) is 26.7 Å². The van der Waals surface area contributed by atoms with Crippen molar-refractivity contribution in [1.82, 2.24) is 4.90 Å².